The average molecular weight is 146 g/mol. The molecule has 0 saturated carbocycles. The molecule has 1 atom stereocenters. The molecule has 0 rings (SSSR count). The fourth-order valence-electron chi connectivity index (χ4n) is 0.530. The summed E-state index contributed by atoms with van der Waals surface area (Å²) in [6, 6.07) is -0.831. The molecule has 0 unspecified atom stereocenters. The highest BCUT2D eigenvalue weighted by atomic mass is 16.4. The Labute approximate surface area is 58.6 Å². The second-order valence-corrected chi connectivity index (χ2v) is 1.85. The first-order chi connectivity index (χ1) is 4.63. The lowest BCUT2D eigenvalue weighted by atomic mass is 10.3. The number of aliphatic carboxylic acids is 1. The van der Waals surface area contributed by atoms with Gasteiger partial charge in [0.2, 0.25) is 0 Å². The van der Waals surface area contributed by atoms with Crippen LogP contribution in [0.15, 0.2) is 5.29 Å². The van der Waals surface area contributed by atoms with Crippen molar-refractivity contribution in [3.8, 4) is 0 Å². The van der Waals surface area contributed by atoms with Gasteiger partial charge in [0, 0.05) is 6.54 Å². The molecule has 0 bridgehead atoms. The van der Waals surface area contributed by atoms with Gasteiger partial charge < -0.3 is 5.11 Å². The summed E-state index contributed by atoms with van der Waals surface area (Å²) in [5, 5.41) is 11.9. The number of rotatable bonds is 4. The van der Waals surface area contributed by atoms with E-state index in [1.54, 1.807) is 6.92 Å². The fourth-order valence-corrected chi connectivity index (χ4v) is 0.530. The van der Waals surface area contributed by atoms with Crippen molar-refractivity contribution in [3.63, 3.8) is 0 Å². The molecule has 0 aromatic rings. The van der Waals surface area contributed by atoms with Gasteiger partial charge in [0.25, 0.3) is 0 Å². The Morgan fingerprint density at radius 3 is 2.40 bits per heavy atom. The molecule has 0 saturated heterocycles. The molecule has 0 radical (unpaired) electrons. The molecule has 5 nitrogen and oxygen atoms in total. The van der Waals surface area contributed by atoms with Crippen LogP contribution in [-0.4, -0.2) is 28.7 Å². The number of likely N-dealkylation sites (N-methyl/N-ethyl adjacent to an activating group) is 1. The van der Waals surface area contributed by atoms with Gasteiger partial charge >= 0.3 is 5.97 Å². The zero-order valence-corrected chi connectivity index (χ0v) is 5.94. The minimum absolute atomic E-state index is 0.316. The molecule has 0 aliphatic heterocycles. The smallest absolute Gasteiger partial charge is 0.327 e. The van der Waals surface area contributed by atoms with E-state index in [0.717, 1.165) is 5.01 Å². The van der Waals surface area contributed by atoms with Gasteiger partial charge in [-0.05, 0) is 13.8 Å². The summed E-state index contributed by atoms with van der Waals surface area (Å²) in [5.74, 6) is -1.04. The van der Waals surface area contributed by atoms with Crippen molar-refractivity contribution in [3.05, 3.63) is 4.91 Å². The number of carboxylic acids is 1. The van der Waals surface area contributed by atoms with E-state index in [2.05, 4.69) is 5.29 Å². The van der Waals surface area contributed by atoms with Gasteiger partial charge in [-0.2, -0.15) is 0 Å². The van der Waals surface area contributed by atoms with Crippen molar-refractivity contribution in [2.24, 2.45) is 5.29 Å². The van der Waals surface area contributed by atoms with Crippen molar-refractivity contribution in [2.75, 3.05) is 6.54 Å². The molecule has 0 aliphatic carbocycles. The molecule has 0 aromatic heterocycles. The van der Waals surface area contributed by atoms with Crippen LogP contribution in [0.5, 0.6) is 0 Å². The Hall–Kier alpha value is -1.13. The second kappa shape index (κ2) is 3.81. The summed E-state index contributed by atoms with van der Waals surface area (Å²) in [5.41, 5.74) is 0. The number of hydrogen-bond acceptors (Lipinski definition) is 3. The molecule has 0 heterocycles. The number of nitroso groups, excluding NO2 is 1. The maximum atomic E-state index is 10.2. The Balaban J connectivity index is 4.00. The number of nitrogens with zero attached hydrogens (tertiary/aromatic N) is 2. The van der Waals surface area contributed by atoms with Gasteiger partial charge in [0.15, 0.2) is 0 Å². The third-order valence-electron chi connectivity index (χ3n) is 1.23. The Bertz CT molecular complexity index is 137. The molecular formula is C5H10N2O3. The summed E-state index contributed by atoms with van der Waals surface area (Å²) in [6.45, 7) is 3.39. The highest BCUT2D eigenvalue weighted by molar-refractivity contribution is 5.72. The topological polar surface area (TPSA) is 70.0 Å². The van der Waals surface area contributed by atoms with E-state index in [1.807, 2.05) is 0 Å². The van der Waals surface area contributed by atoms with Crippen LogP contribution in [0.4, 0.5) is 0 Å². The summed E-state index contributed by atoms with van der Waals surface area (Å²) >= 11 is 0. The number of hydrogen-bond donors (Lipinski definition) is 1. The van der Waals surface area contributed by atoms with E-state index in [-0.39, 0.29) is 0 Å². The summed E-state index contributed by atoms with van der Waals surface area (Å²) in [4.78, 5) is 20.1. The van der Waals surface area contributed by atoms with Crippen LogP contribution < -0.4 is 0 Å². The molecular weight excluding hydrogens is 136 g/mol. The summed E-state index contributed by atoms with van der Waals surface area (Å²) in [7, 11) is 0. The average Bonchev–Trinajstić information content (AvgIpc) is 1.90. The summed E-state index contributed by atoms with van der Waals surface area (Å²) < 4.78 is 0. The van der Waals surface area contributed by atoms with E-state index in [9.17, 15) is 9.70 Å². The molecule has 5 heteroatoms. The predicted octanol–water partition coefficient (Wildman–Crippen LogP) is 0.463. The van der Waals surface area contributed by atoms with Crippen molar-refractivity contribution >= 4 is 5.97 Å². The first kappa shape index (κ1) is 8.87. The van der Waals surface area contributed by atoms with Crippen molar-refractivity contribution in [1.82, 2.24) is 5.01 Å². The fraction of sp³-hybridized carbons (Fsp3) is 0.800. The van der Waals surface area contributed by atoms with E-state index in [1.165, 1.54) is 6.92 Å². The van der Waals surface area contributed by atoms with Gasteiger partial charge in [0.05, 0.1) is 5.29 Å². The van der Waals surface area contributed by atoms with Crippen LogP contribution in [0.2, 0.25) is 0 Å². The van der Waals surface area contributed by atoms with Gasteiger partial charge in [-0.1, -0.05) is 0 Å². The van der Waals surface area contributed by atoms with Crippen LogP contribution in [0, 0.1) is 4.91 Å². The Morgan fingerprint density at radius 1 is 1.80 bits per heavy atom. The second-order valence-electron chi connectivity index (χ2n) is 1.85. The van der Waals surface area contributed by atoms with E-state index < -0.39 is 12.0 Å². The highest BCUT2D eigenvalue weighted by Crippen LogP contribution is 1.97. The van der Waals surface area contributed by atoms with E-state index in [0.29, 0.717) is 6.54 Å². The lowest BCUT2D eigenvalue weighted by Crippen LogP contribution is -2.34. The maximum absolute atomic E-state index is 10.2. The van der Waals surface area contributed by atoms with Crippen molar-refractivity contribution in [2.45, 2.75) is 19.9 Å². The molecule has 0 aliphatic rings. The standard InChI is InChI=1S/C5H10N2O3/c1-3-7(6-10)4(2)5(8)9/h4H,3H2,1-2H3,(H,8,9)/t4-/m0/s1. The predicted molar refractivity (Wildman–Crippen MR) is 35.3 cm³/mol. The largest absolute Gasteiger partial charge is 0.480 e. The molecule has 0 aromatic carbocycles. The minimum Gasteiger partial charge on any atom is -0.480 e. The highest BCUT2D eigenvalue weighted by Gasteiger charge is 2.17. The monoisotopic (exact) mass is 146 g/mol. The molecule has 58 valence electrons. The third-order valence-corrected chi connectivity index (χ3v) is 1.23. The lowest BCUT2D eigenvalue weighted by molar-refractivity contribution is -0.142. The third kappa shape index (κ3) is 2.00. The zero-order valence-electron chi connectivity index (χ0n) is 5.94. The van der Waals surface area contributed by atoms with E-state index in [4.69, 9.17) is 5.11 Å². The summed E-state index contributed by atoms with van der Waals surface area (Å²) in [6.07, 6.45) is 0. The molecule has 0 fully saturated rings. The van der Waals surface area contributed by atoms with Gasteiger partial charge in [-0.15, -0.1) is 4.91 Å². The van der Waals surface area contributed by atoms with E-state index >= 15 is 0 Å². The molecule has 10 heavy (non-hydrogen) atoms. The number of carbonyl (C=O) groups is 1. The van der Waals surface area contributed by atoms with Crippen molar-refractivity contribution < 1.29 is 9.90 Å². The Morgan fingerprint density at radius 2 is 2.30 bits per heavy atom. The van der Waals surface area contributed by atoms with Gasteiger partial charge in [0.1, 0.15) is 6.04 Å². The zero-order chi connectivity index (χ0) is 8.15. The number of carboxylic acid groups (broad SMARTS) is 1. The SMILES string of the molecule is CCN(N=O)[C@@H](C)C(=O)O. The molecule has 0 amide bonds. The maximum Gasteiger partial charge on any atom is 0.327 e. The van der Waals surface area contributed by atoms with Crippen LogP contribution in [0.1, 0.15) is 13.8 Å². The van der Waals surface area contributed by atoms with Crippen LogP contribution >= 0.6 is 0 Å². The van der Waals surface area contributed by atoms with Crippen LogP contribution in [0.3, 0.4) is 0 Å². The first-order valence-electron chi connectivity index (χ1n) is 2.96. The quantitative estimate of drug-likeness (QED) is 0.462. The minimum atomic E-state index is -1.04. The van der Waals surface area contributed by atoms with Crippen molar-refractivity contribution in [1.29, 1.82) is 0 Å². The Kier molecular flexibility index (Phi) is 3.38. The first-order valence-corrected chi connectivity index (χ1v) is 2.96. The van der Waals surface area contributed by atoms with Gasteiger partial charge in [-0.25, -0.2) is 9.80 Å². The molecule has 0 spiro atoms. The normalized spacial score (nSPS) is 12.2. The van der Waals surface area contributed by atoms with Gasteiger partial charge in [-0.3, -0.25) is 0 Å². The lowest BCUT2D eigenvalue weighted by Gasteiger charge is -2.16. The molecule has 1 N–H and O–H groups in total. The van der Waals surface area contributed by atoms with Crippen LogP contribution in [0.25, 0.3) is 0 Å². The van der Waals surface area contributed by atoms with Crippen LogP contribution in [-0.2, 0) is 4.79 Å².